The van der Waals surface area contributed by atoms with Gasteiger partial charge in [0.25, 0.3) is 0 Å². The molecule has 5 unspecified atom stereocenters. The fourth-order valence-corrected chi connectivity index (χ4v) is 6.83. The zero-order valence-electron chi connectivity index (χ0n) is 25.6. The molecular formula is C34H49N3O5. The molecule has 2 bridgehead atoms. The molecule has 230 valence electrons. The summed E-state index contributed by atoms with van der Waals surface area (Å²) in [6.45, 7) is 8.93. The van der Waals surface area contributed by atoms with Gasteiger partial charge in [0.05, 0.1) is 11.6 Å². The molecule has 2 saturated carbocycles. The second-order valence-electron chi connectivity index (χ2n) is 12.7. The van der Waals surface area contributed by atoms with Crippen LogP contribution in [0.2, 0.25) is 0 Å². The fourth-order valence-electron chi connectivity index (χ4n) is 6.83. The van der Waals surface area contributed by atoms with E-state index in [1.165, 1.54) is 12.0 Å². The molecule has 2 fully saturated rings. The maximum atomic E-state index is 14.2. The third-order valence-electron chi connectivity index (χ3n) is 8.55. The summed E-state index contributed by atoms with van der Waals surface area (Å²) in [5.41, 5.74) is 1.67. The quantitative estimate of drug-likeness (QED) is 0.200. The molecule has 42 heavy (non-hydrogen) atoms. The molecule has 2 aromatic rings. The molecule has 6 atom stereocenters. The lowest BCUT2D eigenvalue weighted by Gasteiger charge is -2.41. The smallest absolute Gasteiger partial charge is 0.407 e. The Morgan fingerprint density at radius 3 is 2.33 bits per heavy atom. The van der Waals surface area contributed by atoms with Crippen molar-refractivity contribution in [3.8, 4) is 0 Å². The van der Waals surface area contributed by atoms with Crippen LogP contribution in [0.4, 0.5) is 4.79 Å². The maximum absolute atomic E-state index is 14.2. The van der Waals surface area contributed by atoms with Crippen LogP contribution in [0.5, 0.6) is 0 Å². The Hall–Kier alpha value is -2.94. The van der Waals surface area contributed by atoms with Gasteiger partial charge in [-0.1, -0.05) is 60.7 Å². The number of aliphatic hydroxyl groups excluding tert-OH is 1. The third-order valence-corrected chi connectivity index (χ3v) is 8.55. The van der Waals surface area contributed by atoms with Crippen LogP contribution in [0.1, 0.15) is 83.3 Å². The standard InChI is InChI=1S/C34H49N3O5/c1-5-37(30-27-20-19-26(22-27)29(30)25-16-10-7-11-17-25)31(38)28(36-33(40)42-34(2,3)4)18-12-13-21-35-32(39)41-23-24-14-8-6-9-15-24/h6-11,14-17,26-30,33,36,40H,5,12-13,18-23H2,1-4H3,(H,35,39)/t26?,27?,28-,29?,30?,33?/m0/s1. The molecule has 0 spiro atoms. The highest BCUT2D eigenvalue weighted by atomic mass is 16.6. The second-order valence-corrected chi connectivity index (χ2v) is 12.7. The summed E-state index contributed by atoms with van der Waals surface area (Å²) in [6.07, 6.45) is 3.67. The van der Waals surface area contributed by atoms with E-state index in [4.69, 9.17) is 9.47 Å². The highest BCUT2D eigenvalue weighted by Gasteiger charge is 2.51. The van der Waals surface area contributed by atoms with Gasteiger partial charge in [0.1, 0.15) is 6.61 Å². The first-order chi connectivity index (χ1) is 20.2. The molecule has 0 radical (unpaired) electrons. The van der Waals surface area contributed by atoms with Gasteiger partial charge >= 0.3 is 6.09 Å². The van der Waals surface area contributed by atoms with Crippen LogP contribution in [-0.4, -0.2) is 59.2 Å². The normalized spacial score (nSPS) is 22.9. The molecule has 2 amide bonds. The fraction of sp³-hybridized carbons (Fsp3) is 0.588. The first-order valence-electron chi connectivity index (χ1n) is 15.6. The van der Waals surface area contributed by atoms with Crippen molar-refractivity contribution in [2.75, 3.05) is 13.1 Å². The largest absolute Gasteiger partial charge is 0.445 e. The van der Waals surface area contributed by atoms with Crippen molar-refractivity contribution in [2.24, 2.45) is 11.8 Å². The Bertz CT molecular complexity index is 1120. The molecule has 3 N–H and O–H groups in total. The molecule has 8 nitrogen and oxygen atoms in total. The second kappa shape index (κ2) is 15.0. The van der Waals surface area contributed by atoms with Gasteiger partial charge in [-0.25, -0.2) is 4.79 Å². The number of fused-ring (bicyclic) bond motifs is 2. The number of carbonyl (C=O) groups excluding carboxylic acids is 2. The number of amides is 2. The number of hydrogen-bond acceptors (Lipinski definition) is 6. The number of rotatable bonds is 14. The molecule has 2 aromatic carbocycles. The highest BCUT2D eigenvalue weighted by Crippen LogP contribution is 2.55. The maximum Gasteiger partial charge on any atom is 0.407 e. The molecule has 2 aliphatic carbocycles. The van der Waals surface area contributed by atoms with Gasteiger partial charge in [0, 0.05) is 25.0 Å². The number of benzene rings is 2. The van der Waals surface area contributed by atoms with Crippen LogP contribution in [-0.2, 0) is 20.9 Å². The first-order valence-corrected chi connectivity index (χ1v) is 15.6. The molecule has 0 aromatic heterocycles. The number of likely N-dealkylation sites (N-methyl/N-ethyl adjacent to an activating group) is 1. The summed E-state index contributed by atoms with van der Waals surface area (Å²) < 4.78 is 11.0. The zero-order chi connectivity index (χ0) is 30.1. The molecule has 0 aliphatic heterocycles. The van der Waals surface area contributed by atoms with E-state index >= 15 is 0 Å². The van der Waals surface area contributed by atoms with Crippen LogP contribution in [0, 0.1) is 11.8 Å². The predicted octanol–water partition coefficient (Wildman–Crippen LogP) is 5.56. The van der Waals surface area contributed by atoms with Crippen molar-refractivity contribution in [3.63, 3.8) is 0 Å². The van der Waals surface area contributed by atoms with E-state index in [0.717, 1.165) is 18.4 Å². The molecule has 4 rings (SSSR count). The number of hydrogen-bond donors (Lipinski definition) is 3. The molecular weight excluding hydrogens is 530 g/mol. The van der Waals surface area contributed by atoms with Crippen molar-refractivity contribution in [2.45, 2.75) is 103 Å². The Morgan fingerprint density at radius 1 is 1.00 bits per heavy atom. The average Bonchev–Trinajstić information content (AvgIpc) is 3.58. The first kappa shape index (κ1) is 32.0. The lowest BCUT2D eigenvalue weighted by atomic mass is 9.78. The Balaban J connectivity index is 1.37. The van der Waals surface area contributed by atoms with E-state index in [9.17, 15) is 14.7 Å². The molecule has 0 saturated heterocycles. The van der Waals surface area contributed by atoms with Crippen molar-refractivity contribution in [1.29, 1.82) is 0 Å². The topological polar surface area (TPSA) is 100 Å². The van der Waals surface area contributed by atoms with Gasteiger partial charge < -0.3 is 24.8 Å². The molecule has 2 aliphatic rings. The molecule has 8 heteroatoms. The van der Waals surface area contributed by atoms with E-state index in [1.54, 1.807) is 0 Å². The van der Waals surface area contributed by atoms with Crippen LogP contribution in [0.25, 0.3) is 0 Å². The lowest BCUT2D eigenvalue weighted by molar-refractivity contribution is -0.189. The van der Waals surface area contributed by atoms with Crippen molar-refractivity contribution in [1.82, 2.24) is 15.5 Å². The van der Waals surface area contributed by atoms with Gasteiger partial charge in [-0.3, -0.25) is 10.1 Å². The zero-order valence-corrected chi connectivity index (χ0v) is 25.6. The van der Waals surface area contributed by atoms with Gasteiger partial charge in [-0.05, 0) is 89.2 Å². The van der Waals surface area contributed by atoms with Crippen molar-refractivity contribution in [3.05, 3.63) is 71.8 Å². The van der Waals surface area contributed by atoms with Crippen molar-refractivity contribution >= 4 is 12.0 Å². The van der Waals surface area contributed by atoms with Gasteiger partial charge in [-0.15, -0.1) is 0 Å². The van der Waals surface area contributed by atoms with E-state index in [2.05, 4.69) is 46.7 Å². The minimum atomic E-state index is -1.27. The van der Waals surface area contributed by atoms with Gasteiger partial charge in [0.15, 0.2) is 0 Å². The number of ether oxygens (including phenoxy) is 2. The minimum absolute atomic E-state index is 0.00257. The summed E-state index contributed by atoms with van der Waals surface area (Å²) in [4.78, 5) is 28.4. The third kappa shape index (κ3) is 8.79. The van der Waals surface area contributed by atoms with Gasteiger partial charge in [0.2, 0.25) is 12.3 Å². The Morgan fingerprint density at radius 2 is 1.67 bits per heavy atom. The summed E-state index contributed by atoms with van der Waals surface area (Å²) >= 11 is 0. The van der Waals surface area contributed by atoms with E-state index in [0.29, 0.717) is 50.1 Å². The van der Waals surface area contributed by atoms with Crippen LogP contribution >= 0.6 is 0 Å². The summed E-state index contributed by atoms with van der Waals surface area (Å²) in [5.74, 6) is 1.42. The molecule has 0 heterocycles. The lowest BCUT2D eigenvalue weighted by Crippen LogP contribution is -2.56. The number of alkyl carbamates (subject to hydrolysis) is 1. The minimum Gasteiger partial charge on any atom is -0.445 e. The number of nitrogens with one attached hydrogen (secondary N) is 2. The van der Waals surface area contributed by atoms with Crippen LogP contribution < -0.4 is 10.6 Å². The summed E-state index contributed by atoms with van der Waals surface area (Å²) in [5, 5.41) is 16.6. The van der Waals surface area contributed by atoms with Crippen LogP contribution in [0.15, 0.2) is 60.7 Å². The van der Waals surface area contributed by atoms with E-state index < -0.39 is 24.2 Å². The monoisotopic (exact) mass is 579 g/mol. The van der Waals surface area contributed by atoms with Crippen LogP contribution in [0.3, 0.4) is 0 Å². The number of nitrogens with zero attached hydrogens (tertiary/aromatic N) is 1. The van der Waals surface area contributed by atoms with E-state index in [1.807, 2.05) is 57.2 Å². The van der Waals surface area contributed by atoms with E-state index in [-0.39, 0.29) is 18.6 Å². The Kier molecular flexibility index (Phi) is 11.4. The number of unbranched alkanes of at least 4 members (excludes halogenated alkanes) is 1. The predicted molar refractivity (Wildman–Crippen MR) is 163 cm³/mol. The summed E-state index contributed by atoms with van der Waals surface area (Å²) in [6, 6.07) is 19.7. The Labute approximate surface area is 251 Å². The van der Waals surface area contributed by atoms with Crippen molar-refractivity contribution < 1.29 is 24.2 Å². The SMILES string of the molecule is CCN(C(=O)[C@H](CCCCNC(=O)OCc1ccccc1)NC(O)OC(C)(C)C)C1C2CCC(C2)C1c1ccccc1. The average molecular weight is 580 g/mol. The number of carbonyl (C=O) groups is 2. The number of aliphatic hydroxyl groups is 1. The highest BCUT2D eigenvalue weighted by molar-refractivity contribution is 5.82. The van der Waals surface area contributed by atoms with Gasteiger partial charge in [-0.2, -0.15) is 0 Å². The summed E-state index contributed by atoms with van der Waals surface area (Å²) in [7, 11) is 0.